The molecule has 30 heavy (non-hydrogen) atoms. The molecule has 1 N–H and O–H groups in total. The maximum absolute atomic E-state index is 14.1. The molecule has 1 amide bonds. The smallest absolute Gasteiger partial charge is 0.264 e. The Kier molecular flexibility index (Phi) is 7.02. The number of sulfonamides is 1. The molecule has 0 aliphatic heterocycles. The molecule has 3 aromatic rings. The van der Waals surface area contributed by atoms with Crippen molar-refractivity contribution in [2.45, 2.75) is 4.90 Å². The fourth-order valence-corrected chi connectivity index (χ4v) is 4.90. The number of anilines is 2. The van der Waals surface area contributed by atoms with Crippen LogP contribution in [0.15, 0.2) is 76.1 Å². The fraction of sp³-hybridized carbons (Fsp3) is 0.0500. The quantitative estimate of drug-likeness (QED) is 0.441. The Morgan fingerprint density at radius 2 is 1.63 bits per heavy atom. The zero-order valence-corrected chi connectivity index (χ0v) is 19.1. The lowest BCUT2D eigenvalue weighted by molar-refractivity contribution is -0.114. The van der Waals surface area contributed by atoms with Crippen LogP contribution in [0.2, 0.25) is 10.0 Å². The third-order valence-corrected chi connectivity index (χ3v) is 6.68. The summed E-state index contributed by atoms with van der Waals surface area (Å²) in [6.45, 7) is -0.622. The molecule has 0 fully saturated rings. The third kappa shape index (κ3) is 5.31. The SMILES string of the molecule is O=C(CN(c1cc(Cl)cc(Cl)c1)S(=O)(=O)c1ccccc1)Nc1ccc(Br)cc1F. The van der Waals surface area contributed by atoms with Crippen LogP contribution < -0.4 is 9.62 Å². The molecule has 5 nitrogen and oxygen atoms in total. The molecule has 10 heteroatoms. The fourth-order valence-electron chi connectivity index (χ4n) is 2.63. The average Bonchev–Trinajstić information content (AvgIpc) is 2.68. The van der Waals surface area contributed by atoms with Crippen molar-refractivity contribution in [2.24, 2.45) is 0 Å². The first-order valence-electron chi connectivity index (χ1n) is 8.45. The number of carbonyl (C=O) groups is 1. The van der Waals surface area contributed by atoms with E-state index in [1.54, 1.807) is 24.3 Å². The van der Waals surface area contributed by atoms with E-state index in [-0.39, 0.29) is 26.3 Å². The van der Waals surface area contributed by atoms with Gasteiger partial charge in [-0.15, -0.1) is 0 Å². The van der Waals surface area contributed by atoms with Crippen molar-refractivity contribution in [1.29, 1.82) is 0 Å². The van der Waals surface area contributed by atoms with Gasteiger partial charge in [0.15, 0.2) is 0 Å². The minimum absolute atomic E-state index is 0.0243. The molecule has 0 saturated carbocycles. The van der Waals surface area contributed by atoms with Gasteiger partial charge in [0.05, 0.1) is 16.3 Å². The van der Waals surface area contributed by atoms with Gasteiger partial charge in [-0.25, -0.2) is 12.8 Å². The number of hydrogen-bond acceptors (Lipinski definition) is 3. The Balaban J connectivity index is 1.98. The molecule has 0 spiro atoms. The van der Waals surface area contributed by atoms with Crippen molar-refractivity contribution >= 4 is 66.4 Å². The molecular formula is C20H14BrCl2FN2O3S. The Hall–Kier alpha value is -2.13. The van der Waals surface area contributed by atoms with Gasteiger partial charge in [-0.05, 0) is 48.5 Å². The second-order valence-corrected chi connectivity index (χ2v) is 9.78. The predicted molar refractivity (Wildman–Crippen MR) is 120 cm³/mol. The second kappa shape index (κ2) is 9.34. The standard InChI is InChI=1S/C20H14BrCl2FN2O3S/c21-13-6-7-19(18(24)8-13)25-20(27)12-26(16-10-14(22)9-15(23)11-16)30(28,29)17-4-2-1-3-5-17/h1-11H,12H2,(H,25,27). The minimum Gasteiger partial charge on any atom is -0.322 e. The van der Waals surface area contributed by atoms with Crippen LogP contribution in [-0.2, 0) is 14.8 Å². The number of nitrogens with one attached hydrogen (secondary N) is 1. The van der Waals surface area contributed by atoms with E-state index in [0.717, 1.165) is 4.31 Å². The van der Waals surface area contributed by atoms with Gasteiger partial charge >= 0.3 is 0 Å². The van der Waals surface area contributed by atoms with E-state index in [9.17, 15) is 17.6 Å². The molecule has 0 saturated heterocycles. The van der Waals surface area contributed by atoms with Gasteiger partial charge in [0.25, 0.3) is 10.0 Å². The Labute approximate surface area is 191 Å². The van der Waals surface area contributed by atoms with Crippen LogP contribution in [0.25, 0.3) is 0 Å². The topological polar surface area (TPSA) is 66.5 Å². The second-order valence-electron chi connectivity index (χ2n) is 6.12. The lowest BCUT2D eigenvalue weighted by atomic mass is 10.3. The lowest BCUT2D eigenvalue weighted by Crippen LogP contribution is -2.38. The van der Waals surface area contributed by atoms with Crippen molar-refractivity contribution in [3.05, 3.63) is 87.1 Å². The first-order valence-corrected chi connectivity index (χ1v) is 11.4. The normalized spacial score (nSPS) is 11.2. The number of hydrogen-bond donors (Lipinski definition) is 1. The summed E-state index contributed by atoms with van der Waals surface area (Å²) in [4.78, 5) is 12.6. The minimum atomic E-state index is -4.14. The zero-order valence-electron chi connectivity index (χ0n) is 15.2. The summed E-state index contributed by atoms with van der Waals surface area (Å²) < 4.78 is 41.9. The average molecular weight is 532 g/mol. The molecule has 0 heterocycles. The van der Waals surface area contributed by atoms with E-state index in [0.29, 0.717) is 4.47 Å². The first kappa shape index (κ1) is 22.6. The number of benzene rings is 3. The summed E-state index contributed by atoms with van der Waals surface area (Å²) in [5, 5.41) is 2.78. The van der Waals surface area contributed by atoms with E-state index in [2.05, 4.69) is 21.2 Å². The van der Waals surface area contributed by atoms with Crippen LogP contribution in [0.4, 0.5) is 15.8 Å². The monoisotopic (exact) mass is 530 g/mol. The van der Waals surface area contributed by atoms with Crippen molar-refractivity contribution in [1.82, 2.24) is 0 Å². The summed E-state index contributed by atoms with van der Waals surface area (Å²) in [5.74, 6) is -1.41. The van der Waals surface area contributed by atoms with Crippen LogP contribution in [0.3, 0.4) is 0 Å². The van der Waals surface area contributed by atoms with Crippen molar-refractivity contribution in [2.75, 3.05) is 16.2 Å². The highest BCUT2D eigenvalue weighted by molar-refractivity contribution is 9.10. The molecule has 0 atom stereocenters. The van der Waals surface area contributed by atoms with Crippen molar-refractivity contribution < 1.29 is 17.6 Å². The highest BCUT2D eigenvalue weighted by atomic mass is 79.9. The zero-order chi connectivity index (χ0) is 21.9. The summed E-state index contributed by atoms with van der Waals surface area (Å²) >= 11 is 15.2. The van der Waals surface area contributed by atoms with Crippen LogP contribution >= 0.6 is 39.1 Å². The molecule has 0 radical (unpaired) electrons. The van der Waals surface area contributed by atoms with Gasteiger partial charge in [0.2, 0.25) is 5.91 Å². The predicted octanol–water partition coefficient (Wildman–Crippen LogP) is 5.73. The van der Waals surface area contributed by atoms with Gasteiger partial charge in [-0.1, -0.05) is 57.3 Å². The third-order valence-electron chi connectivity index (χ3n) is 3.96. The lowest BCUT2D eigenvalue weighted by Gasteiger charge is -2.24. The Morgan fingerprint density at radius 1 is 1.00 bits per heavy atom. The van der Waals surface area contributed by atoms with E-state index in [1.807, 2.05) is 0 Å². The van der Waals surface area contributed by atoms with E-state index < -0.39 is 28.3 Å². The van der Waals surface area contributed by atoms with E-state index >= 15 is 0 Å². The molecule has 0 aromatic heterocycles. The summed E-state index contributed by atoms with van der Waals surface area (Å²) in [5.41, 5.74) is 0.0205. The maximum atomic E-state index is 14.1. The number of nitrogens with zero attached hydrogens (tertiary/aromatic N) is 1. The Morgan fingerprint density at radius 3 is 2.23 bits per heavy atom. The molecule has 0 aliphatic carbocycles. The molecular weight excluding hydrogens is 518 g/mol. The number of amides is 1. The highest BCUT2D eigenvalue weighted by Crippen LogP contribution is 2.30. The van der Waals surface area contributed by atoms with Gasteiger partial charge < -0.3 is 5.32 Å². The van der Waals surface area contributed by atoms with Crippen LogP contribution in [0, 0.1) is 5.82 Å². The molecule has 3 rings (SSSR count). The van der Waals surface area contributed by atoms with E-state index in [4.69, 9.17) is 23.2 Å². The summed E-state index contributed by atoms with van der Waals surface area (Å²) in [6, 6.07) is 15.9. The van der Waals surface area contributed by atoms with Crippen molar-refractivity contribution in [3.63, 3.8) is 0 Å². The number of halogens is 4. The van der Waals surface area contributed by atoms with Crippen LogP contribution in [0.5, 0.6) is 0 Å². The van der Waals surface area contributed by atoms with Gasteiger partial charge in [-0.3, -0.25) is 9.10 Å². The molecule has 0 unspecified atom stereocenters. The highest BCUT2D eigenvalue weighted by Gasteiger charge is 2.28. The van der Waals surface area contributed by atoms with Gasteiger partial charge in [0, 0.05) is 14.5 Å². The summed E-state index contributed by atoms with van der Waals surface area (Å²) in [6.07, 6.45) is 0. The van der Waals surface area contributed by atoms with Crippen molar-refractivity contribution in [3.8, 4) is 0 Å². The number of carbonyl (C=O) groups excluding carboxylic acids is 1. The number of rotatable bonds is 6. The van der Waals surface area contributed by atoms with Gasteiger partial charge in [-0.2, -0.15) is 0 Å². The molecule has 3 aromatic carbocycles. The molecule has 0 aliphatic rings. The Bertz CT molecular complexity index is 1170. The van der Waals surface area contributed by atoms with Gasteiger partial charge in [0.1, 0.15) is 12.4 Å². The van der Waals surface area contributed by atoms with E-state index in [1.165, 1.54) is 42.5 Å². The van der Waals surface area contributed by atoms with Crippen LogP contribution in [0.1, 0.15) is 0 Å². The first-order chi connectivity index (χ1) is 14.2. The molecule has 156 valence electrons. The molecule has 0 bridgehead atoms. The summed E-state index contributed by atoms with van der Waals surface area (Å²) in [7, 11) is -4.14. The van der Waals surface area contributed by atoms with Crippen LogP contribution in [-0.4, -0.2) is 20.9 Å². The largest absolute Gasteiger partial charge is 0.322 e. The maximum Gasteiger partial charge on any atom is 0.264 e.